The second-order valence-electron chi connectivity index (χ2n) is 10.6. The molecule has 1 aromatic heterocycles. The van der Waals surface area contributed by atoms with Gasteiger partial charge in [-0.2, -0.15) is 0 Å². The van der Waals surface area contributed by atoms with Gasteiger partial charge in [0.25, 0.3) is 0 Å². The van der Waals surface area contributed by atoms with Gasteiger partial charge in [-0.15, -0.1) is 11.3 Å². The summed E-state index contributed by atoms with van der Waals surface area (Å²) in [4.78, 5) is 1.35. The smallest absolute Gasteiger partial charge is 0.0434 e. The fraction of sp³-hybridized carbons (Fsp3) is 0.125. The zero-order valence-electron chi connectivity index (χ0n) is 18.9. The number of hydrogen-bond donors (Lipinski definition) is 0. The van der Waals surface area contributed by atoms with Gasteiger partial charge in [0.1, 0.15) is 0 Å². The van der Waals surface area contributed by atoms with Crippen LogP contribution in [0, 0.1) is 0 Å². The lowest BCUT2D eigenvalue weighted by atomic mass is 9.86. The third-order valence-corrected chi connectivity index (χ3v) is 8.92. The molecule has 7 aromatic carbocycles. The molecule has 1 heterocycles. The molecule has 0 unspecified atom stereocenters. The van der Waals surface area contributed by atoms with Crippen molar-refractivity contribution in [2.75, 3.05) is 0 Å². The van der Waals surface area contributed by atoms with Crippen LogP contribution in [0.1, 0.15) is 26.3 Å². The highest BCUT2D eigenvalue weighted by Crippen LogP contribution is 2.52. The van der Waals surface area contributed by atoms with Crippen molar-refractivity contribution in [3.05, 3.63) is 84.4 Å². The van der Waals surface area contributed by atoms with E-state index in [1.54, 1.807) is 0 Å². The lowest BCUT2D eigenvalue weighted by Gasteiger charge is -2.18. The van der Waals surface area contributed by atoms with Crippen molar-refractivity contribution in [3.63, 3.8) is 0 Å². The number of fused-ring (bicyclic) bond motifs is 3. The maximum Gasteiger partial charge on any atom is 0.0434 e. The van der Waals surface area contributed by atoms with Crippen LogP contribution in [-0.4, -0.2) is 0 Å². The Morgan fingerprint density at radius 3 is 1.64 bits per heavy atom. The third-order valence-electron chi connectivity index (χ3n) is 7.70. The van der Waals surface area contributed by atoms with Gasteiger partial charge in [-0.25, -0.2) is 0 Å². The second kappa shape index (κ2) is 5.73. The highest BCUT2D eigenvalue weighted by molar-refractivity contribution is 7.23. The van der Waals surface area contributed by atoms with E-state index in [1.807, 2.05) is 11.3 Å². The van der Waals surface area contributed by atoms with Crippen LogP contribution < -0.4 is 0 Å². The summed E-state index contributed by atoms with van der Waals surface area (Å²) in [5.41, 5.74) is 2.87. The van der Waals surface area contributed by atoms with Gasteiger partial charge in [0.2, 0.25) is 0 Å². The van der Waals surface area contributed by atoms with Crippen molar-refractivity contribution < 1.29 is 0 Å². The van der Waals surface area contributed by atoms with E-state index >= 15 is 0 Å². The Bertz CT molecular complexity index is 1860. The molecule has 0 saturated heterocycles. The van der Waals surface area contributed by atoms with E-state index in [4.69, 9.17) is 0 Å². The summed E-state index contributed by atoms with van der Waals surface area (Å²) in [7, 11) is 0. The zero-order valence-corrected chi connectivity index (χ0v) is 19.7. The molecule has 0 aliphatic carbocycles. The molecule has 0 atom stereocenters. The largest absolute Gasteiger partial charge is 0.135 e. The summed E-state index contributed by atoms with van der Waals surface area (Å²) >= 11 is 1.94. The molecule has 1 heteroatoms. The molecule has 0 fully saturated rings. The van der Waals surface area contributed by atoms with Gasteiger partial charge < -0.3 is 0 Å². The van der Waals surface area contributed by atoms with Crippen LogP contribution in [0.25, 0.3) is 74.4 Å². The minimum absolute atomic E-state index is 0.174. The van der Waals surface area contributed by atoms with Crippen molar-refractivity contribution in [2.24, 2.45) is 0 Å². The van der Waals surface area contributed by atoms with E-state index in [2.05, 4.69) is 99.6 Å². The highest BCUT2D eigenvalue weighted by Gasteiger charge is 2.23. The topological polar surface area (TPSA) is 0 Å². The third kappa shape index (κ3) is 2.16. The molecule has 0 amide bonds. The van der Waals surface area contributed by atoms with Crippen LogP contribution in [0.5, 0.6) is 0 Å². The summed E-state index contributed by atoms with van der Waals surface area (Å²) in [6.45, 7) is 6.83. The molecule has 0 saturated carbocycles. The average molecular weight is 439 g/mol. The first kappa shape index (κ1) is 18.1. The van der Waals surface area contributed by atoms with E-state index in [0.29, 0.717) is 0 Å². The van der Waals surface area contributed by atoms with Crippen LogP contribution in [0.4, 0.5) is 0 Å². The molecule has 0 aliphatic rings. The molecule has 0 nitrogen and oxygen atoms in total. The summed E-state index contributed by atoms with van der Waals surface area (Å²) in [5.74, 6) is 0. The molecule has 33 heavy (non-hydrogen) atoms. The Morgan fingerprint density at radius 1 is 0.515 bits per heavy atom. The standard InChI is InChI=1S/C32H22S/c1-32(2,3)21-12-8-17(9-13-21)25-16-24-22-14-10-19-6-4-18-5-7-20-11-15-23(31(24)33-25)30-28(20)26(18)27(19)29(22)30/h4-16H,1-3H3. The number of rotatable bonds is 1. The predicted octanol–water partition coefficient (Wildman–Crippen LogP) is 9.95. The normalized spacial score (nSPS) is 13.3. The second-order valence-corrected chi connectivity index (χ2v) is 11.6. The predicted molar refractivity (Wildman–Crippen MR) is 147 cm³/mol. The van der Waals surface area contributed by atoms with Crippen LogP contribution in [0.15, 0.2) is 78.9 Å². The van der Waals surface area contributed by atoms with Crippen molar-refractivity contribution in [1.82, 2.24) is 0 Å². The Hall–Kier alpha value is -3.42. The van der Waals surface area contributed by atoms with E-state index < -0.39 is 0 Å². The maximum atomic E-state index is 2.43. The average Bonchev–Trinajstić information content (AvgIpc) is 3.42. The maximum absolute atomic E-state index is 2.43. The van der Waals surface area contributed by atoms with Gasteiger partial charge in [0.05, 0.1) is 0 Å². The van der Waals surface area contributed by atoms with Gasteiger partial charge in [-0.1, -0.05) is 93.6 Å². The molecule has 0 bridgehead atoms. The number of thiophene rings is 1. The van der Waals surface area contributed by atoms with Crippen LogP contribution in [0.2, 0.25) is 0 Å². The van der Waals surface area contributed by atoms with Gasteiger partial charge in [-0.3, -0.25) is 0 Å². The van der Waals surface area contributed by atoms with E-state index in [0.717, 1.165) is 0 Å². The molecule has 0 aliphatic heterocycles. The van der Waals surface area contributed by atoms with Crippen LogP contribution >= 0.6 is 11.3 Å². The van der Waals surface area contributed by atoms with Gasteiger partial charge in [0.15, 0.2) is 0 Å². The molecular formula is C32H22S. The van der Waals surface area contributed by atoms with Crippen molar-refractivity contribution in [1.29, 1.82) is 0 Å². The van der Waals surface area contributed by atoms with Crippen LogP contribution in [-0.2, 0) is 5.41 Å². The summed E-state index contributed by atoms with van der Waals surface area (Å²) in [6, 6.07) is 30.1. The quantitative estimate of drug-likeness (QED) is 0.224. The summed E-state index contributed by atoms with van der Waals surface area (Å²) < 4.78 is 1.42. The van der Waals surface area contributed by atoms with Crippen molar-refractivity contribution in [3.8, 4) is 10.4 Å². The Morgan fingerprint density at radius 2 is 1.03 bits per heavy atom. The minimum atomic E-state index is 0.174. The SMILES string of the molecule is CC(C)(C)c1ccc(-c2cc3c4ccc5ccc6ccc7ccc(c3s2)c2c7c6c5c42)cc1. The number of hydrogen-bond acceptors (Lipinski definition) is 1. The van der Waals surface area contributed by atoms with E-state index in [-0.39, 0.29) is 5.41 Å². The Kier molecular flexibility index (Phi) is 3.14. The highest BCUT2D eigenvalue weighted by atomic mass is 32.1. The molecule has 156 valence electrons. The monoisotopic (exact) mass is 438 g/mol. The van der Waals surface area contributed by atoms with Gasteiger partial charge in [-0.05, 0) is 65.7 Å². The Balaban J connectivity index is 1.52. The molecule has 0 spiro atoms. The molecule has 8 rings (SSSR count). The van der Waals surface area contributed by atoms with Crippen LogP contribution in [0.3, 0.4) is 0 Å². The zero-order chi connectivity index (χ0) is 22.1. The molecule has 8 aromatic rings. The van der Waals surface area contributed by atoms with Gasteiger partial charge >= 0.3 is 0 Å². The van der Waals surface area contributed by atoms with Gasteiger partial charge in [0, 0.05) is 25.7 Å². The fourth-order valence-electron chi connectivity index (χ4n) is 6.05. The fourth-order valence-corrected chi connectivity index (χ4v) is 7.26. The summed E-state index contributed by atoms with van der Waals surface area (Å²) in [6.07, 6.45) is 0. The number of benzene rings is 6. The molecule has 0 N–H and O–H groups in total. The lowest BCUT2D eigenvalue weighted by Crippen LogP contribution is -2.10. The van der Waals surface area contributed by atoms with Crippen molar-refractivity contribution in [2.45, 2.75) is 26.2 Å². The van der Waals surface area contributed by atoms with Crippen molar-refractivity contribution >= 4 is 75.3 Å². The van der Waals surface area contributed by atoms with E-state index in [1.165, 1.54) is 80.0 Å². The lowest BCUT2D eigenvalue weighted by molar-refractivity contribution is 0.590. The van der Waals surface area contributed by atoms with E-state index in [9.17, 15) is 0 Å². The molecular weight excluding hydrogens is 416 g/mol. The first-order valence-electron chi connectivity index (χ1n) is 11.7. The first-order chi connectivity index (χ1) is 16.0. The Labute approximate surface area is 196 Å². The molecule has 0 radical (unpaired) electrons. The first-order valence-corrected chi connectivity index (χ1v) is 12.5. The minimum Gasteiger partial charge on any atom is -0.135 e. The summed E-state index contributed by atoms with van der Waals surface area (Å²) in [5, 5.41) is 15.5.